The van der Waals surface area contributed by atoms with Crippen LogP contribution in [0.3, 0.4) is 0 Å². The Bertz CT molecular complexity index is 422. The number of hydrogen-bond acceptors (Lipinski definition) is 0. The third kappa shape index (κ3) is 1.91. The summed E-state index contributed by atoms with van der Waals surface area (Å²) in [4.78, 5) is 0. The SMILES string of the molecule is [CH-]=C1Cc2c(F)cc(F)cc2C1(C)C.[Na+]. The van der Waals surface area contributed by atoms with Crippen molar-refractivity contribution in [3.05, 3.63) is 47.0 Å². The van der Waals surface area contributed by atoms with Gasteiger partial charge in [-0.3, -0.25) is 0 Å². The van der Waals surface area contributed by atoms with E-state index in [9.17, 15) is 8.78 Å². The van der Waals surface area contributed by atoms with Crippen LogP contribution in [-0.4, -0.2) is 0 Å². The summed E-state index contributed by atoms with van der Waals surface area (Å²) in [6, 6.07) is 2.28. The van der Waals surface area contributed by atoms with Gasteiger partial charge in [0.2, 0.25) is 0 Å². The Morgan fingerprint density at radius 1 is 1.27 bits per heavy atom. The predicted octanol–water partition coefficient (Wildman–Crippen LogP) is 0.162. The van der Waals surface area contributed by atoms with E-state index in [0.29, 0.717) is 23.1 Å². The molecule has 0 unspecified atom stereocenters. The first-order valence-electron chi connectivity index (χ1n) is 4.53. The van der Waals surface area contributed by atoms with E-state index in [4.69, 9.17) is 6.58 Å². The van der Waals surface area contributed by atoms with Crippen molar-refractivity contribution >= 4 is 0 Å². The van der Waals surface area contributed by atoms with Crippen LogP contribution in [0.5, 0.6) is 0 Å². The van der Waals surface area contributed by atoms with Crippen molar-refractivity contribution < 1.29 is 38.3 Å². The largest absolute Gasteiger partial charge is 1.00 e. The van der Waals surface area contributed by atoms with E-state index in [1.54, 1.807) is 0 Å². The zero-order chi connectivity index (χ0) is 10.5. The van der Waals surface area contributed by atoms with E-state index in [2.05, 4.69) is 0 Å². The maximum atomic E-state index is 13.4. The fourth-order valence-electron chi connectivity index (χ4n) is 1.93. The first-order chi connectivity index (χ1) is 6.43. The maximum absolute atomic E-state index is 13.4. The Hall–Kier alpha value is -0.180. The molecule has 0 saturated heterocycles. The molecule has 0 amide bonds. The van der Waals surface area contributed by atoms with Gasteiger partial charge in [-0.1, -0.05) is 13.8 Å². The number of allylic oxidation sites excluding steroid dienone is 1. The zero-order valence-corrected chi connectivity index (χ0v) is 11.2. The summed E-state index contributed by atoms with van der Waals surface area (Å²) in [6.07, 6.45) is 0.411. The molecule has 0 nitrogen and oxygen atoms in total. The van der Waals surface area contributed by atoms with Gasteiger partial charge in [0.1, 0.15) is 11.6 Å². The van der Waals surface area contributed by atoms with Crippen molar-refractivity contribution in [2.45, 2.75) is 25.7 Å². The Morgan fingerprint density at radius 3 is 2.47 bits per heavy atom. The van der Waals surface area contributed by atoms with Gasteiger partial charge in [-0.25, -0.2) is 14.4 Å². The molecular weight excluding hydrogens is 205 g/mol. The minimum Gasteiger partial charge on any atom is -0.513 e. The molecule has 0 aromatic heterocycles. The van der Waals surface area contributed by atoms with E-state index in [-0.39, 0.29) is 29.6 Å². The van der Waals surface area contributed by atoms with Crippen molar-refractivity contribution in [2.75, 3.05) is 0 Å². The second kappa shape index (κ2) is 4.00. The summed E-state index contributed by atoms with van der Waals surface area (Å²) in [6.45, 7) is 9.57. The minimum atomic E-state index is -0.538. The van der Waals surface area contributed by atoms with E-state index >= 15 is 0 Å². The van der Waals surface area contributed by atoms with E-state index in [1.165, 1.54) is 6.07 Å². The standard InChI is InChI=1S/C12H11F2.Na/c1-7-4-9-10(12(7,2)3)5-8(13)6-11(9)14;/h1,5-6H,4H2,2-3H3;/q-1;+1. The summed E-state index contributed by atoms with van der Waals surface area (Å²) in [5, 5.41) is 0. The van der Waals surface area contributed by atoms with Crippen molar-refractivity contribution in [2.24, 2.45) is 0 Å². The molecule has 0 heterocycles. The topological polar surface area (TPSA) is 0 Å². The van der Waals surface area contributed by atoms with E-state index in [0.717, 1.165) is 6.07 Å². The molecule has 0 radical (unpaired) electrons. The smallest absolute Gasteiger partial charge is 0.513 e. The third-order valence-corrected chi connectivity index (χ3v) is 3.00. The van der Waals surface area contributed by atoms with Gasteiger partial charge >= 0.3 is 29.6 Å². The average molecular weight is 216 g/mol. The van der Waals surface area contributed by atoms with Crippen LogP contribution in [0.4, 0.5) is 8.78 Å². The quantitative estimate of drug-likeness (QED) is 0.428. The van der Waals surface area contributed by atoms with Crippen LogP contribution in [-0.2, 0) is 11.8 Å². The van der Waals surface area contributed by atoms with Gasteiger partial charge in [0, 0.05) is 6.07 Å². The molecule has 1 aliphatic rings. The van der Waals surface area contributed by atoms with Crippen LogP contribution in [0.25, 0.3) is 0 Å². The number of rotatable bonds is 0. The van der Waals surface area contributed by atoms with Gasteiger partial charge in [-0.2, -0.15) is 0 Å². The molecule has 74 valence electrons. The number of fused-ring (bicyclic) bond motifs is 1. The maximum Gasteiger partial charge on any atom is 1.00 e. The van der Waals surface area contributed by atoms with Crippen molar-refractivity contribution in [3.63, 3.8) is 0 Å². The summed E-state index contributed by atoms with van der Waals surface area (Å²) in [7, 11) is 0. The van der Waals surface area contributed by atoms with Gasteiger partial charge < -0.3 is 6.58 Å². The van der Waals surface area contributed by atoms with Gasteiger partial charge in [-0.15, -0.1) is 0 Å². The van der Waals surface area contributed by atoms with Crippen molar-refractivity contribution in [1.29, 1.82) is 0 Å². The first kappa shape index (κ1) is 12.9. The number of benzene rings is 1. The predicted molar refractivity (Wildman–Crippen MR) is 50.9 cm³/mol. The van der Waals surface area contributed by atoms with Crippen LogP contribution in [0.1, 0.15) is 25.0 Å². The van der Waals surface area contributed by atoms with Gasteiger partial charge in [0.15, 0.2) is 0 Å². The molecule has 0 fully saturated rings. The Kier molecular flexibility index (Phi) is 3.44. The molecule has 0 saturated carbocycles. The molecule has 15 heavy (non-hydrogen) atoms. The van der Waals surface area contributed by atoms with E-state index < -0.39 is 17.0 Å². The fourth-order valence-corrected chi connectivity index (χ4v) is 1.93. The molecule has 0 spiro atoms. The van der Waals surface area contributed by atoms with Crippen molar-refractivity contribution in [1.82, 2.24) is 0 Å². The zero-order valence-electron chi connectivity index (χ0n) is 9.20. The van der Waals surface area contributed by atoms with Crippen LogP contribution >= 0.6 is 0 Å². The monoisotopic (exact) mass is 216 g/mol. The normalized spacial score (nSPS) is 17.2. The molecule has 3 heteroatoms. The molecule has 0 atom stereocenters. The average Bonchev–Trinajstić information content (AvgIpc) is 2.28. The first-order valence-corrected chi connectivity index (χ1v) is 4.53. The molecule has 0 N–H and O–H groups in total. The van der Waals surface area contributed by atoms with Crippen LogP contribution in [0.2, 0.25) is 0 Å². The second-order valence-corrected chi connectivity index (χ2v) is 4.24. The third-order valence-electron chi connectivity index (χ3n) is 3.00. The Labute approximate surface area is 111 Å². The molecule has 1 aromatic carbocycles. The Morgan fingerprint density at radius 2 is 1.87 bits per heavy atom. The minimum absolute atomic E-state index is 0. The molecule has 2 rings (SSSR count). The summed E-state index contributed by atoms with van der Waals surface area (Å²) < 4.78 is 26.4. The van der Waals surface area contributed by atoms with Gasteiger partial charge in [-0.05, 0) is 29.0 Å². The van der Waals surface area contributed by atoms with E-state index in [1.807, 2.05) is 13.8 Å². The summed E-state index contributed by atoms with van der Waals surface area (Å²) in [5.41, 5.74) is 1.48. The molecular formula is C12H11F2Na. The molecule has 1 aromatic rings. The molecule has 0 bridgehead atoms. The molecule has 0 aliphatic heterocycles. The number of hydrogen-bond donors (Lipinski definition) is 0. The van der Waals surface area contributed by atoms with Gasteiger partial charge in [0.25, 0.3) is 0 Å². The molecule has 1 aliphatic carbocycles. The van der Waals surface area contributed by atoms with Crippen LogP contribution < -0.4 is 29.6 Å². The van der Waals surface area contributed by atoms with Crippen molar-refractivity contribution in [3.8, 4) is 0 Å². The van der Waals surface area contributed by atoms with Crippen LogP contribution in [0.15, 0.2) is 17.7 Å². The number of halogens is 2. The van der Waals surface area contributed by atoms with Gasteiger partial charge in [0.05, 0.1) is 0 Å². The van der Waals surface area contributed by atoms with Crippen LogP contribution in [0, 0.1) is 18.2 Å². The summed E-state index contributed by atoms with van der Waals surface area (Å²) in [5.74, 6) is -1.03. The Balaban J connectivity index is 0.00000112. The fraction of sp³-hybridized carbons (Fsp3) is 0.333. The second-order valence-electron chi connectivity index (χ2n) is 4.24. The summed E-state index contributed by atoms with van der Waals surface area (Å²) >= 11 is 0.